The van der Waals surface area contributed by atoms with Gasteiger partial charge in [-0.15, -0.1) is 0 Å². The van der Waals surface area contributed by atoms with E-state index >= 15 is 0 Å². The minimum absolute atomic E-state index is 0.941. The fraction of sp³-hybridized carbons (Fsp3) is 0.867. The smallest absolute Gasteiger partial charge is 0.0911 e. The van der Waals surface area contributed by atoms with E-state index in [9.17, 15) is 0 Å². The molecule has 0 aliphatic carbocycles. The van der Waals surface area contributed by atoms with Crippen molar-refractivity contribution in [1.82, 2.24) is 0 Å². The zero-order valence-corrected chi connectivity index (χ0v) is 12.0. The minimum atomic E-state index is 0.941. The van der Waals surface area contributed by atoms with Crippen LogP contribution in [0.2, 0.25) is 0 Å². The lowest BCUT2D eigenvalue weighted by Gasteiger charge is -2.17. The Balaban J connectivity index is 3.13. The van der Waals surface area contributed by atoms with Crippen LogP contribution in [0, 0.1) is 0 Å². The third kappa shape index (κ3) is 13.7. The van der Waals surface area contributed by atoms with Gasteiger partial charge < -0.3 is 4.48 Å². The minimum Gasteiger partial charge on any atom is -0.305 e. The van der Waals surface area contributed by atoms with E-state index in [0.717, 1.165) is 4.48 Å². The first kappa shape index (κ1) is 15.7. The lowest BCUT2D eigenvalue weighted by Crippen LogP contribution is -2.26. The normalized spacial score (nSPS) is 12.5. The SMILES string of the molecule is CCCCCCCCCCC=C[N+](C)(C)C. The Morgan fingerprint density at radius 2 is 1.25 bits per heavy atom. The number of hydrogen-bond acceptors (Lipinski definition) is 0. The molecular formula is C15H32N+. The fourth-order valence-corrected chi connectivity index (χ4v) is 1.79. The van der Waals surface area contributed by atoms with Crippen molar-refractivity contribution < 1.29 is 4.48 Å². The molecule has 0 saturated carbocycles. The Morgan fingerprint density at radius 1 is 0.750 bits per heavy atom. The number of hydrogen-bond donors (Lipinski definition) is 0. The average Bonchev–Trinajstić information content (AvgIpc) is 2.19. The maximum Gasteiger partial charge on any atom is 0.0911 e. The summed E-state index contributed by atoms with van der Waals surface area (Å²) in [4.78, 5) is 0. The van der Waals surface area contributed by atoms with Crippen LogP contribution >= 0.6 is 0 Å². The summed E-state index contributed by atoms with van der Waals surface area (Å²) >= 11 is 0. The van der Waals surface area contributed by atoms with Crippen molar-refractivity contribution in [2.45, 2.75) is 64.7 Å². The zero-order valence-electron chi connectivity index (χ0n) is 12.0. The molecule has 0 unspecified atom stereocenters. The maximum atomic E-state index is 2.33. The van der Waals surface area contributed by atoms with Gasteiger partial charge in [-0.1, -0.05) is 51.9 Å². The number of unbranched alkanes of at least 4 members (excludes halogenated alkanes) is 8. The van der Waals surface area contributed by atoms with Gasteiger partial charge in [0, 0.05) is 0 Å². The zero-order chi connectivity index (χ0) is 12.3. The Hall–Kier alpha value is -0.300. The lowest BCUT2D eigenvalue weighted by molar-refractivity contribution is -0.817. The highest BCUT2D eigenvalue weighted by Crippen LogP contribution is 2.09. The average molecular weight is 226 g/mol. The van der Waals surface area contributed by atoms with E-state index < -0.39 is 0 Å². The molecule has 0 aromatic rings. The topological polar surface area (TPSA) is 0 Å². The highest BCUT2D eigenvalue weighted by molar-refractivity contribution is 4.72. The fourth-order valence-electron chi connectivity index (χ4n) is 1.79. The van der Waals surface area contributed by atoms with Gasteiger partial charge in [-0.3, -0.25) is 0 Å². The molecule has 0 heterocycles. The third-order valence-corrected chi connectivity index (χ3v) is 2.78. The first-order valence-corrected chi connectivity index (χ1v) is 7.05. The molecule has 96 valence electrons. The molecular weight excluding hydrogens is 194 g/mol. The van der Waals surface area contributed by atoms with Gasteiger partial charge >= 0.3 is 0 Å². The number of rotatable bonds is 10. The number of quaternary nitrogens is 1. The number of allylic oxidation sites excluding steroid dienone is 1. The van der Waals surface area contributed by atoms with Gasteiger partial charge in [0.15, 0.2) is 0 Å². The summed E-state index contributed by atoms with van der Waals surface area (Å²) < 4.78 is 0.941. The van der Waals surface area contributed by atoms with Gasteiger partial charge in [-0.05, 0) is 18.9 Å². The van der Waals surface area contributed by atoms with Crippen LogP contribution < -0.4 is 0 Å². The van der Waals surface area contributed by atoms with E-state index in [1.807, 2.05) is 0 Å². The van der Waals surface area contributed by atoms with Crippen LogP contribution in [0.25, 0.3) is 0 Å². The summed E-state index contributed by atoms with van der Waals surface area (Å²) in [6.07, 6.45) is 17.2. The molecule has 16 heavy (non-hydrogen) atoms. The molecule has 0 aliphatic rings. The predicted molar refractivity (Wildman–Crippen MR) is 74.4 cm³/mol. The Kier molecular flexibility index (Phi) is 9.71. The molecule has 0 aromatic carbocycles. The molecule has 0 N–H and O–H groups in total. The first-order valence-electron chi connectivity index (χ1n) is 7.05. The van der Waals surface area contributed by atoms with Crippen LogP contribution in [0.15, 0.2) is 12.3 Å². The van der Waals surface area contributed by atoms with Crippen molar-refractivity contribution in [3.05, 3.63) is 12.3 Å². The van der Waals surface area contributed by atoms with Crippen LogP contribution in [-0.2, 0) is 0 Å². The largest absolute Gasteiger partial charge is 0.305 e. The highest BCUT2D eigenvalue weighted by atomic mass is 15.3. The summed E-state index contributed by atoms with van der Waals surface area (Å²) in [6.45, 7) is 2.28. The van der Waals surface area contributed by atoms with Gasteiger partial charge in [0.05, 0.1) is 27.3 Å². The van der Waals surface area contributed by atoms with Gasteiger partial charge in [0.25, 0.3) is 0 Å². The second-order valence-electron chi connectivity index (χ2n) is 5.76. The number of nitrogens with zero attached hydrogens (tertiary/aromatic N) is 1. The highest BCUT2D eigenvalue weighted by Gasteiger charge is 1.98. The van der Waals surface area contributed by atoms with Crippen molar-refractivity contribution >= 4 is 0 Å². The lowest BCUT2D eigenvalue weighted by atomic mass is 10.1. The summed E-state index contributed by atoms with van der Waals surface area (Å²) in [6, 6.07) is 0. The van der Waals surface area contributed by atoms with E-state index in [0.29, 0.717) is 0 Å². The van der Waals surface area contributed by atoms with Crippen LogP contribution in [0.4, 0.5) is 0 Å². The van der Waals surface area contributed by atoms with Crippen LogP contribution in [0.1, 0.15) is 64.7 Å². The molecule has 0 atom stereocenters. The third-order valence-electron chi connectivity index (χ3n) is 2.78. The summed E-state index contributed by atoms with van der Waals surface area (Å²) in [7, 11) is 6.60. The standard InChI is InChI=1S/C15H32N/c1-5-6-7-8-9-10-11-12-13-14-15-16(2,3)4/h14-15H,5-13H2,1-4H3/q+1. The molecule has 0 saturated heterocycles. The maximum absolute atomic E-state index is 2.33. The summed E-state index contributed by atoms with van der Waals surface area (Å²) in [5, 5.41) is 0. The van der Waals surface area contributed by atoms with E-state index in [1.165, 1.54) is 57.8 Å². The molecule has 0 aliphatic heterocycles. The van der Waals surface area contributed by atoms with Crippen LogP contribution in [0.5, 0.6) is 0 Å². The van der Waals surface area contributed by atoms with Crippen molar-refractivity contribution in [2.24, 2.45) is 0 Å². The van der Waals surface area contributed by atoms with Crippen LogP contribution in [-0.4, -0.2) is 25.6 Å². The second-order valence-corrected chi connectivity index (χ2v) is 5.76. The second kappa shape index (κ2) is 9.89. The molecule has 0 spiro atoms. The van der Waals surface area contributed by atoms with Gasteiger partial charge in [-0.2, -0.15) is 0 Å². The summed E-state index contributed by atoms with van der Waals surface area (Å²) in [5.74, 6) is 0. The molecule has 0 aromatic heterocycles. The predicted octanol–water partition coefficient (Wildman–Crippen LogP) is 4.74. The molecule has 0 bridgehead atoms. The molecule has 0 amide bonds. The Labute approximate surface area is 103 Å². The monoisotopic (exact) mass is 226 g/mol. The van der Waals surface area contributed by atoms with E-state index in [1.54, 1.807) is 0 Å². The molecule has 0 rings (SSSR count). The van der Waals surface area contributed by atoms with E-state index in [4.69, 9.17) is 0 Å². The van der Waals surface area contributed by atoms with E-state index in [-0.39, 0.29) is 0 Å². The van der Waals surface area contributed by atoms with Crippen molar-refractivity contribution in [3.63, 3.8) is 0 Å². The molecule has 1 nitrogen and oxygen atoms in total. The van der Waals surface area contributed by atoms with Crippen LogP contribution in [0.3, 0.4) is 0 Å². The Morgan fingerprint density at radius 3 is 1.75 bits per heavy atom. The Bertz CT molecular complexity index is 165. The van der Waals surface area contributed by atoms with Gasteiger partial charge in [-0.25, -0.2) is 0 Å². The quantitative estimate of drug-likeness (QED) is 0.373. The van der Waals surface area contributed by atoms with Crippen molar-refractivity contribution in [2.75, 3.05) is 21.1 Å². The first-order chi connectivity index (χ1) is 7.56. The molecule has 0 fully saturated rings. The van der Waals surface area contributed by atoms with Gasteiger partial charge in [0.2, 0.25) is 0 Å². The van der Waals surface area contributed by atoms with Gasteiger partial charge in [0.1, 0.15) is 0 Å². The molecule has 1 heteroatoms. The molecule has 0 radical (unpaired) electrons. The summed E-state index contributed by atoms with van der Waals surface area (Å²) in [5.41, 5.74) is 0. The van der Waals surface area contributed by atoms with Crippen molar-refractivity contribution in [3.8, 4) is 0 Å². The van der Waals surface area contributed by atoms with Crippen molar-refractivity contribution in [1.29, 1.82) is 0 Å². The van der Waals surface area contributed by atoms with E-state index in [2.05, 4.69) is 40.3 Å².